The summed E-state index contributed by atoms with van der Waals surface area (Å²) in [5.41, 5.74) is 1.42. The summed E-state index contributed by atoms with van der Waals surface area (Å²) in [4.78, 5) is 11.2. The van der Waals surface area contributed by atoms with Crippen LogP contribution in [0.4, 0.5) is 5.69 Å². The molecule has 0 radical (unpaired) electrons. The van der Waals surface area contributed by atoms with Crippen molar-refractivity contribution in [2.45, 2.75) is 6.92 Å². The van der Waals surface area contributed by atoms with Crippen molar-refractivity contribution in [2.75, 3.05) is 4.72 Å². The molecule has 0 aliphatic carbocycles. The van der Waals surface area contributed by atoms with Gasteiger partial charge in [-0.15, -0.1) is 0 Å². The van der Waals surface area contributed by atoms with E-state index in [1.54, 1.807) is 37.3 Å². The number of hydrogen-bond donors (Lipinski definition) is 2. The van der Waals surface area contributed by atoms with Crippen LogP contribution in [0.1, 0.15) is 21.5 Å². The van der Waals surface area contributed by atoms with Gasteiger partial charge >= 0.3 is 5.97 Å². The maximum absolute atomic E-state index is 12.0. The Morgan fingerprint density at radius 1 is 1.14 bits per heavy atom. The normalized spacial score (nSPS) is 11.5. The molecule has 0 aliphatic rings. The van der Waals surface area contributed by atoms with E-state index in [9.17, 15) is 13.2 Å². The molecule has 0 amide bonds. The average Bonchev–Trinajstić information content (AvgIpc) is 2.48. The maximum Gasteiger partial charge on any atom is 0.337 e. The van der Waals surface area contributed by atoms with Crippen LogP contribution in [0.3, 0.4) is 0 Å². The van der Waals surface area contributed by atoms with Crippen LogP contribution in [0.2, 0.25) is 0 Å². The second-order valence-electron chi connectivity index (χ2n) is 4.71. The monoisotopic (exact) mass is 317 g/mol. The molecule has 22 heavy (non-hydrogen) atoms. The molecule has 2 aromatic rings. The topological polar surface area (TPSA) is 83.5 Å². The van der Waals surface area contributed by atoms with Crippen molar-refractivity contribution in [3.05, 3.63) is 70.6 Å². The van der Waals surface area contributed by atoms with Crippen molar-refractivity contribution in [2.24, 2.45) is 0 Å². The third-order valence-corrected chi connectivity index (χ3v) is 3.90. The first-order valence-electron chi connectivity index (χ1n) is 6.47. The smallest absolute Gasteiger partial charge is 0.337 e. The number of rotatable bonds is 5. The molecule has 0 unspecified atom stereocenters. The van der Waals surface area contributed by atoms with Crippen LogP contribution in [0.25, 0.3) is 6.08 Å². The van der Waals surface area contributed by atoms with Crippen molar-refractivity contribution < 1.29 is 18.3 Å². The third-order valence-electron chi connectivity index (χ3n) is 2.90. The lowest BCUT2D eigenvalue weighted by Crippen LogP contribution is -2.12. The number of nitrogens with one attached hydrogen (secondary N) is 1. The third kappa shape index (κ3) is 4.20. The zero-order chi connectivity index (χ0) is 16.2. The van der Waals surface area contributed by atoms with Gasteiger partial charge in [-0.05, 0) is 30.7 Å². The van der Waals surface area contributed by atoms with Gasteiger partial charge in [-0.2, -0.15) is 0 Å². The fourth-order valence-corrected chi connectivity index (χ4v) is 2.73. The highest BCUT2D eigenvalue weighted by molar-refractivity contribution is 7.95. The number of benzene rings is 2. The van der Waals surface area contributed by atoms with Crippen molar-refractivity contribution in [3.63, 3.8) is 0 Å². The number of hydrogen-bond acceptors (Lipinski definition) is 3. The molecule has 5 nitrogen and oxygen atoms in total. The summed E-state index contributed by atoms with van der Waals surface area (Å²) in [6.45, 7) is 1.74. The van der Waals surface area contributed by atoms with Gasteiger partial charge < -0.3 is 5.11 Å². The largest absolute Gasteiger partial charge is 0.478 e. The standard InChI is InChI=1S/C16H15NO4S/c1-12-7-8-15(14(11-12)16(18)19)17-22(20,21)10-9-13-5-3-2-4-6-13/h2-11,17H,1H3,(H,18,19)/b10-9-. The van der Waals surface area contributed by atoms with Crippen LogP contribution in [-0.2, 0) is 10.0 Å². The molecular weight excluding hydrogens is 302 g/mol. The molecule has 2 rings (SSSR count). The van der Waals surface area contributed by atoms with E-state index in [1.807, 2.05) is 6.07 Å². The predicted octanol–water partition coefficient (Wildman–Crippen LogP) is 3.11. The van der Waals surface area contributed by atoms with Gasteiger partial charge in [0.05, 0.1) is 16.7 Å². The Balaban J connectivity index is 2.26. The lowest BCUT2D eigenvalue weighted by molar-refractivity contribution is 0.0698. The van der Waals surface area contributed by atoms with Crippen LogP contribution in [0, 0.1) is 6.92 Å². The zero-order valence-corrected chi connectivity index (χ0v) is 12.7. The van der Waals surface area contributed by atoms with Gasteiger partial charge in [0.2, 0.25) is 0 Å². The van der Waals surface area contributed by atoms with E-state index in [4.69, 9.17) is 5.11 Å². The molecule has 0 atom stereocenters. The Labute approximate surface area is 129 Å². The summed E-state index contributed by atoms with van der Waals surface area (Å²) < 4.78 is 26.4. The average molecular weight is 317 g/mol. The van der Waals surface area contributed by atoms with Crippen molar-refractivity contribution in [1.82, 2.24) is 0 Å². The first-order chi connectivity index (χ1) is 10.4. The molecule has 0 saturated heterocycles. The highest BCUT2D eigenvalue weighted by atomic mass is 32.2. The van der Waals surface area contributed by atoms with Crippen molar-refractivity contribution in [1.29, 1.82) is 0 Å². The number of carboxylic acids is 1. The van der Waals surface area contributed by atoms with Gasteiger partial charge in [0, 0.05) is 0 Å². The van der Waals surface area contributed by atoms with E-state index >= 15 is 0 Å². The second kappa shape index (κ2) is 6.44. The van der Waals surface area contributed by atoms with E-state index in [0.29, 0.717) is 0 Å². The Kier molecular flexibility index (Phi) is 4.62. The summed E-state index contributed by atoms with van der Waals surface area (Å²) >= 11 is 0. The van der Waals surface area contributed by atoms with Crippen LogP contribution in [-0.4, -0.2) is 19.5 Å². The molecule has 0 aliphatic heterocycles. The van der Waals surface area contributed by atoms with Crippen LogP contribution < -0.4 is 4.72 Å². The Hall–Kier alpha value is -2.60. The van der Waals surface area contributed by atoms with Crippen LogP contribution in [0.15, 0.2) is 53.9 Å². The summed E-state index contributed by atoms with van der Waals surface area (Å²) in [5.74, 6) is -1.19. The van der Waals surface area contributed by atoms with Crippen LogP contribution >= 0.6 is 0 Å². The van der Waals surface area contributed by atoms with Gasteiger partial charge in [-0.25, -0.2) is 13.2 Å². The SMILES string of the molecule is Cc1ccc(NS(=O)(=O)/C=C\c2ccccc2)c(C(=O)O)c1. The number of anilines is 1. The fraction of sp³-hybridized carbons (Fsp3) is 0.0625. The summed E-state index contributed by atoms with van der Waals surface area (Å²) in [7, 11) is -3.80. The molecule has 0 saturated carbocycles. The van der Waals surface area contributed by atoms with Gasteiger partial charge in [-0.3, -0.25) is 4.72 Å². The van der Waals surface area contributed by atoms with Crippen molar-refractivity contribution >= 4 is 27.8 Å². The summed E-state index contributed by atoms with van der Waals surface area (Å²) in [6.07, 6.45) is 1.44. The molecule has 2 aromatic carbocycles. The fourth-order valence-electron chi connectivity index (χ4n) is 1.84. The van der Waals surface area contributed by atoms with E-state index in [1.165, 1.54) is 18.2 Å². The van der Waals surface area contributed by atoms with Gasteiger partial charge in [-0.1, -0.05) is 42.0 Å². The predicted molar refractivity (Wildman–Crippen MR) is 86.2 cm³/mol. The number of sulfonamides is 1. The summed E-state index contributed by atoms with van der Waals surface area (Å²) in [6, 6.07) is 13.4. The lowest BCUT2D eigenvalue weighted by Gasteiger charge is -2.08. The number of carboxylic acid groups (broad SMARTS) is 1. The molecule has 6 heteroatoms. The molecular formula is C16H15NO4S. The number of aryl methyl sites for hydroxylation is 1. The first-order valence-corrected chi connectivity index (χ1v) is 8.02. The number of aromatic carboxylic acids is 1. The minimum atomic E-state index is -3.80. The summed E-state index contributed by atoms with van der Waals surface area (Å²) in [5, 5.41) is 10.1. The molecule has 0 heterocycles. The quantitative estimate of drug-likeness (QED) is 0.887. The maximum atomic E-state index is 12.0. The molecule has 0 spiro atoms. The molecule has 0 bridgehead atoms. The van der Waals surface area contributed by atoms with Crippen LogP contribution in [0.5, 0.6) is 0 Å². The van der Waals surface area contributed by atoms with Crippen molar-refractivity contribution in [3.8, 4) is 0 Å². The molecule has 0 fully saturated rings. The van der Waals surface area contributed by atoms with E-state index in [2.05, 4.69) is 4.72 Å². The van der Waals surface area contributed by atoms with Gasteiger partial charge in [0.1, 0.15) is 0 Å². The highest BCUT2D eigenvalue weighted by Gasteiger charge is 2.14. The van der Waals surface area contributed by atoms with Gasteiger partial charge in [0.15, 0.2) is 0 Å². The minimum Gasteiger partial charge on any atom is -0.478 e. The minimum absolute atomic E-state index is 0.0378. The molecule has 114 valence electrons. The second-order valence-corrected chi connectivity index (χ2v) is 6.28. The lowest BCUT2D eigenvalue weighted by atomic mass is 10.1. The first kappa shape index (κ1) is 15.8. The Bertz CT molecular complexity index is 811. The Morgan fingerprint density at radius 2 is 1.82 bits per heavy atom. The van der Waals surface area contributed by atoms with Gasteiger partial charge in [0.25, 0.3) is 10.0 Å². The van der Waals surface area contributed by atoms with E-state index in [-0.39, 0.29) is 11.3 Å². The molecule has 2 N–H and O–H groups in total. The zero-order valence-electron chi connectivity index (χ0n) is 11.9. The van der Waals surface area contributed by atoms with E-state index in [0.717, 1.165) is 16.5 Å². The molecule has 0 aromatic heterocycles. The highest BCUT2D eigenvalue weighted by Crippen LogP contribution is 2.19. The number of carbonyl (C=O) groups is 1. The Morgan fingerprint density at radius 3 is 2.45 bits per heavy atom. The van der Waals surface area contributed by atoms with E-state index < -0.39 is 16.0 Å².